The molecule has 0 radical (unpaired) electrons. The van der Waals surface area contributed by atoms with Gasteiger partial charge in [-0.25, -0.2) is 0 Å². The van der Waals surface area contributed by atoms with E-state index in [-0.39, 0.29) is 6.61 Å². The Morgan fingerprint density at radius 1 is 1.78 bits per heavy atom. The fourth-order valence-electron chi connectivity index (χ4n) is 0.462. The van der Waals surface area contributed by atoms with Gasteiger partial charge in [0.05, 0.1) is 3.92 Å². The van der Waals surface area contributed by atoms with E-state index < -0.39 is 0 Å². The number of halogens is 1. The normalized spacial score (nSPS) is 15.8. The summed E-state index contributed by atoms with van der Waals surface area (Å²) in [5.74, 6) is 0. The second kappa shape index (κ2) is 5.17. The van der Waals surface area contributed by atoms with E-state index >= 15 is 0 Å². The van der Waals surface area contributed by atoms with E-state index in [1.807, 2.05) is 6.92 Å². The smallest absolute Gasteiger partial charge is 0.0507 e. The molecule has 0 spiro atoms. The number of aliphatic hydroxyl groups is 1. The topological polar surface area (TPSA) is 32.6 Å². The van der Waals surface area contributed by atoms with Crippen LogP contribution in [0.4, 0.5) is 0 Å². The standard InChI is InChI=1S/C6H12INO/c1-5(8-2)6(7)3-4-9/h6,9H,3-4H2,1-2H3. The predicted octanol–water partition coefficient (Wildman–Crippen LogP) is 1.26. The zero-order chi connectivity index (χ0) is 7.28. The second-order valence-corrected chi connectivity index (χ2v) is 3.35. The van der Waals surface area contributed by atoms with Crippen LogP contribution in [0, 0.1) is 0 Å². The van der Waals surface area contributed by atoms with Crippen LogP contribution in [-0.2, 0) is 0 Å². The molecule has 0 fully saturated rings. The third-order valence-corrected chi connectivity index (χ3v) is 2.71. The number of hydrogen-bond donors (Lipinski definition) is 1. The van der Waals surface area contributed by atoms with Crippen molar-refractivity contribution in [1.82, 2.24) is 0 Å². The van der Waals surface area contributed by atoms with Gasteiger partial charge < -0.3 is 5.11 Å². The average molecular weight is 241 g/mol. The zero-order valence-electron chi connectivity index (χ0n) is 5.76. The van der Waals surface area contributed by atoms with Crippen LogP contribution >= 0.6 is 22.6 Å². The van der Waals surface area contributed by atoms with E-state index in [2.05, 4.69) is 27.6 Å². The van der Waals surface area contributed by atoms with Crippen LogP contribution in [0.2, 0.25) is 0 Å². The summed E-state index contributed by atoms with van der Waals surface area (Å²) < 4.78 is 0.401. The Hall–Kier alpha value is 0.360. The molecule has 0 aliphatic heterocycles. The Morgan fingerprint density at radius 3 is 2.67 bits per heavy atom. The fourth-order valence-corrected chi connectivity index (χ4v) is 1.02. The van der Waals surface area contributed by atoms with Gasteiger partial charge in [-0.2, -0.15) is 0 Å². The van der Waals surface area contributed by atoms with Gasteiger partial charge in [0.25, 0.3) is 0 Å². The summed E-state index contributed by atoms with van der Waals surface area (Å²) >= 11 is 2.28. The Morgan fingerprint density at radius 2 is 2.33 bits per heavy atom. The lowest BCUT2D eigenvalue weighted by Gasteiger charge is -2.04. The van der Waals surface area contributed by atoms with Crippen molar-refractivity contribution >= 4 is 28.3 Å². The maximum absolute atomic E-state index is 8.52. The van der Waals surface area contributed by atoms with Crippen molar-refractivity contribution in [2.45, 2.75) is 17.3 Å². The third-order valence-electron chi connectivity index (χ3n) is 1.19. The van der Waals surface area contributed by atoms with Crippen LogP contribution in [0.15, 0.2) is 4.99 Å². The molecule has 9 heavy (non-hydrogen) atoms. The first-order chi connectivity index (χ1) is 4.22. The first-order valence-corrected chi connectivity index (χ1v) is 4.15. The van der Waals surface area contributed by atoms with E-state index in [1.165, 1.54) is 0 Å². The van der Waals surface area contributed by atoms with Crippen LogP contribution in [0.5, 0.6) is 0 Å². The molecule has 0 saturated heterocycles. The van der Waals surface area contributed by atoms with Crippen molar-refractivity contribution in [2.24, 2.45) is 4.99 Å². The van der Waals surface area contributed by atoms with Crippen LogP contribution in [0.3, 0.4) is 0 Å². The van der Waals surface area contributed by atoms with Crippen molar-refractivity contribution < 1.29 is 5.11 Å². The summed E-state index contributed by atoms with van der Waals surface area (Å²) in [7, 11) is 1.78. The van der Waals surface area contributed by atoms with E-state index in [1.54, 1.807) is 7.05 Å². The molecule has 0 heterocycles. The molecule has 1 N–H and O–H groups in total. The van der Waals surface area contributed by atoms with Gasteiger partial charge in [-0.05, 0) is 13.3 Å². The van der Waals surface area contributed by atoms with Gasteiger partial charge in [-0.3, -0.25) is 4.99 Å². The Bertz CT molecular complexity index is 103. The van der Waals surface area contributed by atoms with Crippen LogP contribution in [-0.4, -0.2) is 28.4 Å². The van der Waals surface area contributed by atoms with Gasteiger partial charge in [0.15, 0.2) is 0 Å². The summed E-state index contributed by atoms with van der Waals surface area (Å²) in [5, 5.41) is 8.52. The van der Waals surface area contributed by atoms with Crippen LogP contribution in [0.1, 0.15) is 13.3 Å². The third kappa shape index (κ3) is 3.86. The SMILES string of the molecule is CN=C(C)C(I)CCO. The van der Waals surface area contributed by atoms with E-state index in [9.17, 15) is 0 Å². The summed E-state index contributed by atoms with van der Waals surface area (Å²) in [4.78, 5) is 4.01. The number of aliphatic hydroxyl groups excluding tert-OH is 1. The van der Waals surface area contributed by atoms with Crippen molar-refractivity contribution in [3.63, 3.8) is 0 Å². The summed E-state index contributed by atoms with van der Waals surface area (Å²) in [6, 6.07) is 0. The number of nitrogens with zero attached hydrogens (tertiary/aromatic N) is 1. The molecule has 0 rings (SSSR count). The van der Waals surface area contributed by atoms with Gasteiger partial charge in [0.1, 0.15) is 0 Å². The van der Waals surface area contributed by atoms with Crippen LogP contribution in [0.25, 0.3) is 0 Å². The van der Waals surface area contributed by atoms with E-state index in [4.69, 9.17) is 5.11 Å². The highest BCUT2D eigenvalue weighted by Gasteiger charge is 2.04. The first-order valence-electron chi connectivity index (χ1n) is 2.90. The highest BCUT2D eigenvalue weighted by atomic mass is 127. The molecular formula is C6H12INO. The van der Waals surface area contributed by atoms with Crippen molar-refractivity contribution in [3.05, 3.63) is 0 Å². The van der Waals surface area contributed by atoms with E-state index in [0.717, 1.165) is 12.1 Å². The first kappa shape index (κ1) is 9.36. The Labute approximate surface area is 69.5 Å². The molecule has 0 amide bonds. The molecule has 0 bridgehead atoms. The molecule has 0 aliphatic carbocycles. The maximum Gasteiger partial charge on any atom is 0.0507 e. The van der Waals surface area contributed by atoms with Crippen molar-refractivity contribution in [2.75, 3.05) is 13.7 Å². The van der Waals surface area contributed by atoms with Crippen LogP contribution < -0.4 is 0 Å². The van der Waals surface area contributed by atoms with Gasteiger partial charge in [0, 0.05) is 19.4 Å². The molecule has 0 aromatic rings. The molecule has 54 valence electrons. The monoisotopic (exact) mass is 241 g/mol. The number of alkyl halides is 1. The van der Waals surface area contributed by atoms with Gasteiger partial charge in [-0.1, -0.05) is 22.6 Å². The predicted molar refractivity (Wildman–Crippen MR) is 48.5 cm³/mol. The van der Waals surface area contributed by atoms with Gasteiger partial charge in [-0.15, -0.1) is 0 Å². The van der Waals surface area contributed by atoms with Crippen molar-refractivity contribution in [3.8, 4) is 0 Å². The summed E-state index contributed by atoms with van der Waals surface area (Å²) in [6.07, 6.45) is 0.809. The number of aliphatic imine (C=N–C) groups is 1. The maximum atomic E-state index is 8.52. The molecule has 1 unspecified atom stereocenters. The molecule has 3 heteroatoms. The van der Waals surface area contributed by atoms with E-state index in [0.29, 0.717) is 3.92 Å². The number of rotatable bonds is 3. The zero-order valence-corrected chi connectivity index (χ0v) is 7.92. The largest absolute Gasteiger partial charge is 0.396 e. The highest BCUT2D eigenvalue weighted by Crippen LogP contribution is 2.06. The fraction of sp³-hybridized carbons (Fsp3) is 0.833. The number of hydrogen-bond acceptors (Lipinski definition) is 2. The molecule has 0 aliphatic rings. The summed E-state index contributed by atoms with van der Waals surface area (Å²) in [6.45, 7) is 2.23. The minimum Gasteiger partial charge on any atom is -0.396 e. The lowest BCUT2D eigenvalue weighted by molar-refractivity contribution is 0.293. The second-order valence-electron chi connectivity index (χ2n) is 1.84. The minimum atomic E-state index is 0.250. The average Bonchev–Trinajstić information content (AvgIpc) is 1.87. The molecule has 0 aromatic carbocycles. The van der Waals surface area contributed by atoms with Gasteiger partial charge in [0.2, 0.25) is 0 Å². The summed E-state index contributed by atoms with van der Waals surface area (Å²) in [5.41, 5.74) is 1.10. The Balaban J connectivity index is 3.59. The lowest BCUT2D eigenvalue weighted by Crippen LogP contribution is -2.11. The molecule has 0 saturated carbocycles. The molecule has 0 aromatic heterocycles. The quantitative estimate of drug-likeness (QED) is 0.450. The minimum absolute atomic E-state index is 0.250. The molecular weight excluding hydrogens is 229 g/mol. The van der Waals surface area contributed by atoms with Crippen molar-refractivity contribution in [1.29, 1.82) is 0 Å². The molecule has 1 atom stereocenters. The highest BCUT2D eigenvalue weighted by molar-refractivity contribution is 14.1. The Kier molecular flexibility index (Phi) is 5.38. The van der Waals surface area contributed by atoms with Gasteiger partial charge >= 0.3 is 0 Å². The lowest BCUT2D eigenvalue weighted by atomic mass is 10.2. The molecule has 2 nitrogen and oxygen atoms in total.